The minimum Gasteiger partial charge on any atom is -0.462 e. The van der Waals surface area contributed by atoms with E-state index < -0.39 is 6.10 Å². The summed E-state index contributed by atoms with van der Waals surface area (Å²) in [5, 5.41) is 0. The van der Waals surface area contributed by atoms with Crippen molar-refractivity contribution in [3.05, 3.63) is 12.2 Å². The lowest BCUT2D eigenvalue weighted by molar-refractivity contribution is -0.167. The maximum absolute atomic E-state index is 13.0. The van der Waals surface area contributed by atoms with E-state index in [2.05, 4.69) is 32.9 Å². The van der Waals surface area contributed by atoms with Crippen molar-refractivity contribution >= 4 is 17.9 Å². The van der Waals surface area contributed by atoms with Crippen molar-refractivity contribution in [2.75, 3.05) is 13.2 Å². The minimum atomic E-state index is -0.770. The van der Waals surface area contributed by atoms with E-state index in [1.165, 1.54) is 340 Å². The van der Waals surface area contributed by atoms with Gasteiger partial charge in [0.1, 0.15) is 13.2 Å². The van der Waals surface area contributed by atoms with Crippen LogP contribution in [0.4, 0.5) is 0 Å². The Hall–Kier alpha value is -1.85. The van der Waals surface area contributed by atoms with Crippen LogP contribution in [0.1, 0.15) is 445 Å². The molecule has 0 bridgehead atoms. The molecular weight excluding hydrogens is 1020 g/mol. The summed E-state index contributed by atoms with van der Waals surface area (Å²) >= 11 is 0. The molecule has 0 aromatic carbocycles. The molecule has 0 saturated heterocycles. The fourth-order valence-electron chi connectivity index (χ4n) is 12.0. The second-order valence-electron chi connectivity index (χ2n) is 26.3. The second kappa shape index (κ2) is 72.6. The molecule has 6 heteroatoms. The van der Waals surface area contributed by atoms with Crippen molar-refractivity contribution < 1.29 is 28.6 Å². The van der Waals surface area contributed by atoms with Crippen molar-refractivity contribution in [2.24, 2.45) is 0 Å². The van der Waals surface area contributed by atoms with E-state index >= 15 is 0 Å². The normalized spacial score (nSPS) is 12.0. The Morgan fingerprint density at radius 3 is 0.614 bits per heavy atom. The summed E-state index contributed by atoms with van der Waals surface area (Å²) in [6.07, 6.45) is 88.4. The zero-order valence-electron chi connectivity index (χ0n) is 56.8. The number of esters is 3. The van der Waals surface area contributed by atoms with Crippen molar-refractivity contribution in [1.29, 1.82) is 0 Å². The number of rotatable bonds is 72. The van der Waals surface area contributed by atoms with Gasteiger partial charge in [-0.1, -0.05) is 392 Å². The van der Waals surface area contributed by atoms with Gasteiger partial charge in [0.25, 0.3) is 0 Å². The fourth-order valence-corrected chi connectivity index (χ4v) is 12.0. The van der Waals surface area contributed by atoms with E-state index in [9.17, 15) is 14.4 Å². The van der Waals surface area contributed by atoms with Gasteiger partial charge in [0.2, 0.25) is 0 Å². The van der Waals surface area contributed by atoms with E-state index in [0.29, 0.717) is 19.3 Å². The molecule has 492 valence electrons. The first kappa shape index (κ1) is 81.2. The number of ether oxygens (including phenoxy) is 3. The molecule has 1 unspecified atom stereocenters. The van der Waals surface area contributed by atoms with E-state index in [1.807, 2.05) is 0 Å². The van der Waals surface area contributed by atoms with Crippen LogP contribution < -0.4 is 0 Å². The number of carbonyl (C=O) groups excluding carboxylic acids is 3. The summed E-state index contributed by atoms with van der Waals surface area (Å²) in [5.74, 6) is -0.836. The van der Waals surface area contributed by atoms with Gasteiger partial charge < -0.3 is 14.2 Å². The second-order valence-corrected chi connectivity index (χ2v) is 26.3. The smallest absolute Gasteiger partial charge is 0.306 e. The zero-order valence-corrected chi connectivity index (χ0v) is 56.8. The van der Waals surface area contributed by atoms with Crippen molar-refractivity contribution in [2.45, 2.75) is 451 Å². The Kier molecular flexibility index (Phi) is 71.0. The van der Waals surface area contributed by atoms with Gasteiger partial charge in [-0.3, -0.25) is 14.4 Å². The molecule has 0 rings (SSSR count). The zero-order chi connectivity index (χ0) is 59.9. The minimum absolute atomic E-state index is 0.0655. The molecule has 0 aromatic rings. The summed E-state index contributed by atoms with van der Waals surface area (Å²) in [4.78, 5) is 38.5. The number of carbonyl (C=O) groups is 3. The Labute approximate surface area is 520 Å². The monoisotopic (exact) mass is 1170 g/mol. The number of unbranched alkanes of at least 4 members (excludes halogenated alkanes) is 59. The van der Waals surface area contributed by atoms with Crippen LogP contribution in [0.5, 0.6) is 0 Å². The van der Waals surface area contributed by atoms with Gasteiger partial charge in [-0.15, -0.1) is 0 Å². The van der Waals surface area contributed by atoms with Crippen LogP contribution in [0, 0.1) is 0 Å². The maximum atomic E-state index is 13.0. The molecule has 0 aliphatic rings. The maximum Gasteiger partial charge on any atom is 0.306 e. The number of allylic oxidation sites excluding steroid dienone is 2. The fraction of sp³-hybridized carbons (Fsp3) is 0.935. The predicted molar refractivity (Wildman–Crippen MR) is 363 cm³/mol. The third kappa shape index (κ3) is 70.8. The highest BCUT2D eigenvalue weighted by Gasteiger charge is 2.20. The highest BCUT2D eigenvalue weighted by atomic mass is 16.6. The molecule has 0 N–H and O–H groups in total. The van der Waals surface area contributed by atoms with E-state index in [4.69, 9.17) is 14.2 Å². The van der Waals surface area contributed by atoms with Gasteiger partial charge in [-0.2, -0.15) is 0 Å². The van der Waals surface area contributed by atoms with Crippen LogP contribution in [0.25, 0.3) is 0 Å². The molecule has 0 aliphatic heterocycles. The molecule has 0 aliphatic carbocycles. The summed E-state index contributed by atoms with van der Waals surface area (Å²) in [7, 11) is 0. The van der Waals surface area contributed by atoms with Crippen LogP contribution in [0.3, 0.4) is 0 Å². The highest BCUT2D eigenvalue weighted by molar-refractivity contribution is 5.71. The first-order valence-corrected chi connectivity index (χ1v) is 38.2. The summed E-state index contributed by atoms with van der Waals surface area (Å²) in [6, 6.07) is 0. The number of hydrogen-bond donors (Lipinski definition) is 0. The lowest BCUT2D eigenvalue weighted by atomic mass is 10.0. The van der Waals surface area contributed by atoms with Crippen LogP contribution >= 0.6 is 0 Å². The molecule has 0 spiro atoms. The SMILES string of the molecule is CCCCCC/C=C\CCCCCCCC(=O)OCC(COC(=O)CCCCCCCCCCCCCCCCCCCCCCCCCCCCCC)OC(=O)CCCCCCCCCCCCCCCCCCCCCCCCCC. The third-order valence-electron chi connectivity index (χ3n) is 17.8. The Bertz CT molecular complexity index is 1300. The van der Waals surface area contributed by atoms with Crippen molar-refractivity contribution in [3.63, 3.8) is 0 Å². The Balaban J connectivity index is 4.15. The van der Waals surface area contributed by atoms with Gasteiger partial charge in [-0.05, 0) is 44.9 Å². The lowest BCUT2D eigenvalue weighted by Gasteiger charge is -2.18. The molecule has 1 atom stereocenters. The number of hydrogen-bond acceptors (Lipinski definition) is 6. The molecule has 0 fully saturated rings. The molecule has 0 saturated carbocycles. The van der Waals surface area contributed by atoms with Gasteiger partial charge in [-0.25, -0.2) is 0 Å². The molecule has 6 nitrogen and oxygen atoms in total. The van der Waals surface area contributed by atoms with E-state index in [-0.39, 0.29) is 31.1 Å². The summed E-state index contributed by atoms with van der Waals surface area (Å²) < 4.78 is 17.0. The summed E-state index contributed by atoms with van der Waals surface area (Å²) in [5.41, 5.74) is 0. The van der Waals surface area contributed by atoms with Gasteiger partial charge >= 0.3 is 17.9 Å². The summed E-state index contributed by atoms with van der Waals surface area (Å²) in [6.45, 7) is 6.72. The average Bonchev–Trinajstić information content (AvgIpc) is 3.49. The molecule has 0 amide bonds. The molecule has 0 heterocycles. The van der Waals surface area contributed by atoms with Crippen LogP contribution in [-0.2, 0) is 28.6 Å². The third-order valence-corrected chi connectivity index (χ3v) is 17.8. The van der Waals surface area contributed by atoms with Crippen molar-refractivity contribution in [1.82, 2.24) is 0 Å². The highest BCUT2D eigenvalue weighted by Crippen LogP contribution is 2.20. The topological polar surface area (TPSA) is 78.9 Å². The van der Waals surface area contributed by atoms with Gasteiger partial charge in [0, 0.05) is 19.3 Å². The van der Waals surface area contributed by atoms with Crippen LogP contribution in [0.15, 0.2) is 12.2 Å². The quantitative estimate of drug-likeness (QED) is 0.0261. The largest absolute Gasteiger partial charge is 0.462 e. The molecular formula is C77H148O6. The van der Waals surface area contributed by atoms with Crippen LogP contribution in [0.2, 0.25) is 0 Å². The Morgan fingerprint density at radius 1 is 0.229 bits per heavy atom. The first-order valence-electron chi connectivity index (χ1n) is 38.2. The van der Waals surface area contributed by atoms with Gasteiger partial charge in [0.05, 0.1) is 0 Å². The van der Waals surface area contributed by atoms with E-state index in [0.717, 1.165) is 64.2 Å². The van der Waals surface area contributed by atoms with Crippen LogP contribution in [-0.4, -0.2) is 37.2 Å². The molecule has 83 heavy (non-hydrogen) atoms. The van der Waals surface area contributed by atoms with Gasteiger partial charge in [0.15, 0.2) is 6.10 Å². The van der Waals surface area contributed by atoms with E-state index in [1.54, 1.807) is 0 Å². The molecule has 0 radical (unpaired) electrons. The first-order chi connectivity index (χ1) is 41.0. The Morgan fingerprint density at radius 2 is 0.398 bits per heavy atom. The standard InChI is InChI=1S/C77H148O6/c1-4-7-10-13-16-19-22-25-27-29-31-33-35-37-38-39-40-42-43-45-47-49-52-55-58-61-64-67-70-76(79)82-73-74(72-81-75(78)69-66-63-60-57-54-51-24-21-18-15-12-9-6-3)83-77(80)71-68-65-62-59-56-53-50-48-46-44-41-36-34-32-30-28-26-23-20-17-14-11-8-5-2/h21,24,74H,4-20,22-23,25-73H2,1-3H3/b24-21-. The lowest BCUT2D eigenvalue weighted by Crippen LogP contribution is -2.30. The molecule has 0 aromatic heterocycles. The average molecular weight is 1170 g/mol. The predicted octanol–water partition coefficient (Wildman–Crippen LogP) is 26.3. The van der Waals surface area contributed by atoms with Crippen molar-refractivity contribution in [3.8, 4) is 0 Å².